The van der Waals surface area contributed by atoms with Crippen molar-refractivity contribution >= 4 is 23.3 Å². The van der Waals surface area contributed by atoms with Crippen LogP contribution in [0.4, 0.5) is 17.3 Å². The summed E-state index contributed by atoms with van der Waals surface area (Å²) >= 11 is 0. The molecule has 0 radical (unpaired) electrons. The molecule has 2 aliphatic rings. The van der Waals surface area contributed by atoms with E-state index < -0.39 is 0 Å². The van der Waals surface area contributed by atoms with Crippen LogP contribution in [0, 0.1) is 5.41 Å². The van der Waals surface area contributed by atoms with Crippen molar-refractivity contribution in [1.82, 2.24) is 34.9 Å². The first kappa shape index (κ1) is 26.7. The zero-order chi connectivity index (χ0) is 28.4. The number of nitrogens with zero attached hydrogens (tertiary/aromatic N) is 7. The van der Waals surface area contributed by atoms with E-state index >= 15 is 0 Å². The number of anilines is 3. The van der Waals surface area contributed by atoms with Gasteiger partial charge in [-0.3, -0.25) is 15.1 Å². The molecule has 0 unspecified atom stereocenters. The number of hydrogen-bond acceptors (Lipinski definition) is 9. The number of benzene rings is 1. The van der Waals surface area contributed by atoms with Gasteiger partial charge in [-0.1, -0.05) is 0 Å². The van der Waals surface area contributed by atoms with E-state index in [9.17, 15) is 0 Å². The van der Waals surface area contributed by atoms with Gasteiger partial charge in [0.15, 0.2) is 0 Å². The number of aromatic nitrogens is 5. The fourth-order valence-corrected chi connectivity index (χ4v) is 4.92. The molecule has 0 amide bonds. The number of amidine groups is 1. The fourth-order valence-electron chi connectivity index (χ4n) is 4.92. The van der Waals surface area contributed by atoms with E-state index in [1.54, 1.807) is 12.4 Å². The highest BCUT2D eigenvalue weighted by molar-refractivity contribution is 5.78. The van der Waals surface area contributed by atoms with Gasteiger partial charge in [-0.2, -0.15) is 5.10 Å². The smallest absolute Gasteiger partial charge is 0.285 e. The summed E-state index contributed by atoms with van der Waals surface area (Å²) in [4.78, 5) is 17.9. The number of rotatable bonds is 6. The lowest BCUT2D eigenvalue weighted by Crippen LogP contribution is -2.50. The van der Waals surface area contributed by atoms with Crippen LogP contribution in [0.1, 0.15) is 26.8 Å². The predicted octanol–water partition coefficient (Wildman–Crippen LogP) is 4.16. The Balaban J connectivity index is 1.14. The van der Waals surface area contributed by atoms with E-state index in [2.05, 4.69) is 43.8 Å². The van der Waals surface area contributed by atoms with Gasteiger partial charge in [-0.15, -0.1) is 0 Å². The maximum atomic E-state index is 8.26. The molecule has 212 valence electrons. The second kappa shape index (κ2) is 11.2. The molecule has 11 heteroatoms. The SMILES string of the molecule is CC(C)(C)OC(=N)N1CCN(c2ccc(Nc3nccc(-c4cn(C5CNC5)nc4-c4cccnc4)n3)cc2)CC1. The Morgan fingerprint density at radius 2 is 1.80 bits per heavy atom. The molecule has 0 bridgehead atoms. The lowest BCUT2D eigenvalue weighted by molar-refractivity contribution is 0.0835. The van der Waals surface area contributed by atoms with Crippen molar-refractivity contribution in [3.8, 4) is 22.5 Å². The van der Waals surface area contributed by atoms with E-state index in [1.807, 2.05) is 66.9 Å². The third-order valence-corrected chi connectivity index (χ3v) is 7.19. The van der Waals surface area contributed by atoms with Crippen molar-refractivity contribution in [2.24, 2.45) is 0 Å². The number of hydrogen-bond donors (Lipinski definition) is 3. The Morgan fingerprint density at radius 1 is 1.02 bits per heavy atom. The fraction of sp³-hybridized carbons (Fsp3) is 0.367. The Bertz CT molecular complexity index is 1480. The molecular weight excluding hydrogens is 516 g/mol. The van der Waals surface area contributed by atoms with Crippen molar-refractivity contribution in [2.75, 3.05) is 49.5 Å². The second-order valence-corrected chi connectivity index (χ2v) is 11.4. The molecule has 11 nitrogen and oxygen atoms in total. The monoisotopic (exact) mass is 552 g/mol. The maximum absolute atomic E-state index is 8.26. The molecule has 3 aromatic heterocycles. The molecule has 1 aromatic carbocycles. The van der Waals surface area contributed by atoms with Gasteiger partial charge < -0.3 is 25.2 Å². The normalized spacial score (nSPS) is 15.9. The summed E-state index contributed by atoms with van der Waals surface area (Å²) < 4.78 is 7.77. The first-order valence-corrected chi connectivity index (χ1v) is 14.0. The van der Waals surface area contributed by atoms with Crippen molar-refractivity contribution in [1.29, 1.82) is 5.41 Å². The minimum Gasteiger partial charge on any atom is -0.460 e. The first-order chi connectivity index (χ1) is 19.8. The Hall–Kier alpha value is -4.51. The minimum atomic E-state index is -0.363. The van der Waals surface area contributed by atoms with E-state index in [0.29, 0.717) is 12.0 Å². The molecule has 0 spiro atoms. The van der Waals surface area contributed by atoms with Crippen molar-refractivity contribution in [2.45, 2.75) is 32.4 Å². The lowest BCUT2D eigenvalue weighted by atomic mass is 10.1. The lowest BCUT2D eigenvalue weighted by Gasteiger charge is -2.38. The largest absolute Gasteiger partial charge is 0.460 e. The number of pyridine rings is 1. The molecule has 2 aliphatic heterocycles. The van der Waals surface area contributed by atoms with Gasteiger partial charge in [0.25, 0.3) is 6.02 Å². The molecular formula is C30H36N10O. The molecule has 3 N–H and O–H groups in total. The van der Waals surface area contributed by atoms with Crippen LogP contribution >= 0.6 is 0 Å². The zero-order valence-electron chi connectivity index (χ0n) is 23.7. The van der Waals surface area contributed by atoms with E-state index in [4.69, 9.17) is 20.2 Å². The number of ether oxygens (including phenoxy) is 1. The topological polar surface area (TPSA) is 120 Å². The summed E-state index contributed by atoms with van der Waals surface area (Å²) in [6.07, 6.45) is 7.45. The standard InChI is InChI=1S/C30H36N10O/c1-30(2,3)41-28(31)39-15-13-38(14-16-39)23-8-6-22(7-9-23)35-29-34-12-10-26(36-29)25-20-40(24-18-33-19-24)37-27(25)21-5-4-11-32-17-21/h4-12,17,20,24,31,33H,13-16,18-19H2,1-3H3,(H,34,35,36). The average Bonchev–Trinajstić information content (AvgIpc) is 3.37. The molecule has 0 aliphatic carbocycles. The van der Waals surface area contributed by atoms with Crippen LogP contribution in [0.3, 0.4) is 0 Å². The van der Waals surface area contributed by atoms with Crippen LogP contribution < -0.4 is 15.5 Å². The molecule has 6 rings (SSSR count). The quantitative estimate of drug-likeness (QED) is 0.239. The van der Waals surface area contributed by atoms with Crippen LogP contribution in [0.2, 0.25) is 0 Å². The van der Waals surface area contributed by atoms with Crippen molar-refractivity contribution < 1.29 is 4.74 Å². The number of piperazine rings is 1. The van der Waals surface area contributed by atoms with Gasteiger partial charge in [0.2, 0.25) is 5.95 Å². The van der Waals surface area contributed by atoms with Crippen molar-refractivity contribution in [3.63, 3.8) is 0 Å². The van der Waals surface area contributed by atoms with Crippen LogP contribution in [-0.2, 0) is 4.74 Å². The summed E-state index contributed by atoms with van der Waals surface area (Å²) in [7, 11) is 0. The van der Waals surface area contributed by atoms with E-state index in [-0.39, 0.29) is 11.6 Å². The third-order valence-electron chi connectivity index (χ3n) is 7.19. The highest BCUT2D eigenvalue weighted by Crippen LogP contribution is 2.32. The van der Waals surface area contributed by atoms with Crippen LogP contribution in [0.25, 0.3) is 22.5 Å². The van der Waals surface area contributed by atoms with Crippen LogP contribution in [0.5, 0.6) is 0 Å². The summed E-state index contributed by atoms with van der Waals surface area (Å²) in [5, 5.41) is 19.8. The Morgan fingerprint density at radius 3 is 2.46 bits per heavy atom. The maximum Gasteiger partial charge on any atom is 0.285 e. The summed E-state index contributed by atoms with van der Waals surface area (Å²) in [5.41, 5.74) is 5.26. The van der Waals surface area contributed by atoms with Crippen LogP contribution in [-0.4, -0.2) is 80.5 Å². The van der Waals surface area contributed by atoms with Crippen LogP contribution in [0.15, 0.2) is 67.3 Å². The molecule has 2 saturated heterocycles. The number of nitrogens with one attached hydrogen (secondary N) is 3. The van der Waals surface area contributed by atoms with E-state index in [1.165, 1.54) is 0 Å². The summed E-state index contributed by atoms with van der Waals surface area (Å²) in [6, 6.07) is 14.8. The minimum absolute atomic E-state index is 0.249. The highest BCUT2D eigenvalue weighted by atomic mass is 16.5. The van der Waals surface area contributed by atoms with Gasteiger partial charge in [0, 0.05) is 86.6 Å². The molecule has 5 heterocycles. The van der Waals surface area contributed by atoms with Crippen molar-refractivity contribution in [3.05, 3.63) is 67.3 Å². The summed E-state index contributed by atoms with van der Waals surface area (Å²) in [5.74, 6) is 0.524. The van der Waals surface area contributed by atoms with Gasteiger partial charge in [-0.25, -0.2) is 9.97 Å². The third kappa shape index (κ3) is 6.14. The molecule has 2 fully saturated rings. The van der Waals surface area contributed by atoms with Gasteiger partial charge in [-0.05, 0) is 63.2 Å². The predicted molar refractivity (Wildman–Crippen MR) is 160 cm³/mol. The summed E-state index contributed by atoms with van der Waals surface area (Å²) in [6.45, 7) is 10.9. The first-order valence-electron chi connectivity index (χ1n) is 14.0. The van der Waals surface area contributed by atoms with Gasteiger partial charge in [0.05, 0.1) is 11.7 Å². The Labute approximate surface area is 240 Å². The Kier molecular flexibility index (Phi) is 7.27. The molecule has 41 heavy (non-hydrogen) atoms. The zero-order valence-corrected chi connectivity index (χ0v) is 23.7. The average molecular weight is 553 g/mol. The molecule has 4 aromatic rings. The second-order valence-electron chi connectivity index (χ2n) is 11.4. The van der Waals surface area contributed by atoms with Gasteiger partial charge in [0.1, 0.15) is 11.3 Å². The highest BCUT2D eigenvalue weighted by Gasteiger charge is 2.25. The van der Waals surface area contributed by atoms with E-state index in [0.717, 1.165) is 73.2 Å². The van der Waals surface area contributed by atoms with Gasteiger partial charge >= 0.3 is 0 Å². The molecule has 0 atom stereocenters. The molecule has 0 saturated carbocycles.